The third-order valence-corrected chi connectivity index (χ3v) is 3.11. The van der Waals surface area contributed by atoms with E-state index < -0.39 is 5.97 Å². The highest BCUT2D eigenvalue weighted by Crippen LogP contribution is 2.36. The Bertz CT molecular complexity index is 255. The number of carboxylic acids is 1. The molecule has 0 spiro atoms. The van der Waals surface area contributed by atoms with Crippen LogP contribution in [0.3, 0.4) is 0 Å². The molecule has 3 heteroatoms. The number of hydrogen-bond donors (Lipinski definition) is 1. The Morgan fingerprint density at radius 3 is 2.33 bits per heavy atom. The molecule has 84 valence electrons. The molecule has 15 heavy (non-hydrogen) atoms. The second-order valence-corrected chi connectivity index (χ2v) is 4.40. The van der Waals surface area contributed by atoms with Crippen molar-refractivity contribution < 1.29 is 14.7 Å². The summed E-state index contributed by atoms with van der Waals surface area (Å²) >= 11 is 0. The summed E-state index contributed by atoms with van der Waals surface area (Å²) in [5, 5.41) is 8.74. The molecule has 3 nitrogen and oxygen atoms in total. The van der Waals surface area contributed by atoms with Crippen LogP contribution in [0.25, 0.3) is 0 Å². The Hall–Kier alpha value is -1.12. The molecule has 0 saturated heterocycles. The van der Waals surface area contributed by atoms with Gasteiger partial charge in [0.2, 0.25) is 0 Å². The lowest BCUT2D eigenvalue weighted by atomic mass is 9.74. The summed E-state index contributed by atoms with van der Waals surface area (Å²) < 4.78 is 0. The van der Waals surface area contributed by atoms with Crippen molar-refractivity contribution in [2.24, 2.45) is 11.8 Å². The molecule has 0 radical (unpaired) electrons. The number of carbonyl (C=O) groups is 2. The largest absolute Gasteiger partial charge is 0.481 e. The molecule has 1 fully saturated rings. The lowest BCUT2D eigenvalue weighted by Gasteiger charge is -2.30. The smallest absolute Gasteiger partial charge is 0.303 e. The van der Waals surface area contributed by atoms with Crippen molar-refractivity contribution in [2.75, 3.05) is 0 Å². The summed E-state index contributed by atoms with van der Waals surface area (Å²) in [6, 6.07) is 0. The highest BCUT2D eigenvalue weighted by molar-refractivity contribution is 5.76. The quantitative estimate of drug-likeness (QED) is 0.725. The van der Waals surface area contributed by atoms with Crippen LogP contribution in [0.2, 0.25) is 0 Å². The Morgan fingerprint density at radius 1 is 1.33 bits per heavy atom. The average Bonchev–Trinajstić information content (AvgIpc) is 2.10. The summed E-state index contributed by atoms with van der Waals surface area (Å²) in [7, 11) is 0. The number of hydrogen-bond acceptors (Lipinski definition) is 2. The monoisotopic (exact) mass is 210 g/mol. The van der Waals surface area contributed by atoms with Gasteiger partial charge in [-0.15, -0.1) is 0 Å². The van der Waals surface area contributed by atoms with Gasteiger partial charge in [-0.05, 0) is 31.6 Å². The topological polar surface area (TPSA) is 54.4 Å². The van der Waals surface area contributed by atoms with E-state index in [0.717, 1.165) is 24.8 Å². The van der Waals surface area contributed by atoms with Crippen molar-refractivity contribution in [1.82, 2.24) is 0 Å². The van der Waals surface area contributed by atoms with E-state index in [1.54, 1.807) is 6.92 Å². The van der Waals surface area contributed by atoms with E-state index in [1.807, 2.05) is 0 Å². The van der Waals surface area contributed by atoms with Crippen LogP contribution in [0, 0.1) is 11.8 Å². The van der Waals surface area contributed by atoms with E-state index in [4.69, 9.17) is 5.11 Å². The zero-order valence-corrected chi connectivity index (χ0v) is 9.16. The van der Waals surface area contributed by atoms with Crippen LogP contribution in [-0.2, 0) is 9.59 Å². The van der Waals surface area contributed by atoms with Crippen molar-refractivity contribution in [3.63, 3.8) is 0 Å². The van der Waals surface area contributed by atoms with Crippen LogP contribution in [0.15, 0.2) is 12.2 Å². The average molecular weight is 210 g/mol. The normalized spacial score (nSPS) is 26.3. The maximum Gasteiger partial charge on any atom is 0.303 e. The first kappa shape index (κ1) is 12.0. The van der Waals surface area contributed by atoms with Gasteiger partial charge in [0, 0.05) is 6.42 Å². The number of aliphatic carboxylic acids is 1. The Morgan fingerprint density at radius 2 is 1.87 bits per heavy atom. The third-order valence-electron chi connectivity index (χ3n) is 3.11. The third kappa shape index (κ3) is 3.50. The first-order chi connectivity index (χ1) is 7.00. The summed E-state index contributed by atoms with van der Waals surface area (Å²) in [5.74, 6) is -0.331. The number of carbonyl (C=O) groups excluding carboxylic acids is 1. The van der Waals surface area contributed by atoms with Gasteiger partial charge in [-0.25, -0.2) is 0 Å². The molecule has 2 unspecified atom stereocenters. The maximum absolute atomic E-state index is 11.0. The fourth-order valence-electron chi connectivity index (χ4n) is 2.34. The number of Topliss-reactive ketones (excluding diaryl/α,β-unsaturated/α-hetero) is 1. The molecule has 1 aliphatic rings. The Balaban J connectivity index is 2.58. The zero-order valence-electron chi connectivity index (χ0n) is 9.16. The van der Waals surface area contributed by atoms with Gasteiger partial charge in [0.25, 0.3) is 0 Å². The highest BCUT2D eigenvalue weighted by atomic mass is 16.4. The summed E-state index contributed by atoms with van der Waals surface area (Å²) in [5.41, 5.74) is 0.971. The molecule has 0 heterocycles. The van der Waals surface area contributed by atoms with Crippen molar-refractivity contribution in [2.45, 2.75) is 39.0 Å². The first-order valence-corrected chi connectivity index (χ1v) is 5.40. The highest BCUT2D eigenvalue weighted by Gasteiger charge is 2.27. The molecule has 1 saturated carbocycles. The second kappa shape index (κ2) is 5.10. The second-order valence-electron chi connectivity index (χ2n) is 4.40. The Kier molecular flexibility index (Phi) is 4.06. The van der Waals surface area contributed by atoms with Crippen molar-refractivity contribution >= 4 is 11.8 Å². The van der Waals surface area contributed by atoms with Gasteiger partial charge >= 0.3 is 5.97 Å². The minimum atomic E-state index is -0.773. The fraction of sp³-hybridized carbons (Fsp3) is 0.667. The molecule has 0 bridgehead atoms. The van der Waals surface area contributed by atoms with Crippen LogP contribution in [0.5, 0.6) is 0 Å². The standard InChI is InChI=1S/C12H18O3/c1-8(13)6-10-4-3-5-11(9(10)2)7-12(14)15/h10-11H,2-7H2,1H3,(H,14,15). The molecule has 1 rings (SSSR count). The van der Waals surface area contributed by atoms with E-state index >= 15 is 0 Å². The van der Waals surface area contributed by atoms with E-state index in [2.05, 4.69) is 6.58 Å². The van der Waals surface area contributed by atoms with Gasteiger partial charge in [-0.3, -0.25) is 4.79 Å². The fourth-order valence-corrected chi connectivity index (χ4v) is 2.34. The molecule has 0 aromatic carbocycles. The zero-order chi connectivity index (χ0) is 11.4. The van der Waals surface area contributed by atoms with E-state index in [1.165, 1.54) is 0 Å². The van der Waals surface area contributed by atoms with Gasteiger partial charge in [-0.2, -0.15) is 0 Å². The molecule has 1 aliphatic carbocycles. The molecule has 0 aliphatic heterocycles. The van der Waals surface area contributed by atoms with Crippen molar-refractivity contribution in [3.8, 4) is 0 Å². The van der Waals surface area contributed by atoms with Crippen molar-refractivity contribution in [1.29, 1.82) is 0 Å². The van der Waals surface area contributed by atoms with Crippen LogP contribution < -0.4 is 0 Å². The summed E-state index contributed by atoms with van der Waals surface area (Å²) in [6.45, 7) is 5.55. The molecule has 1 N–H and O–H groups in total. The molecule has 2 atom stereocenters. The van der Waals surface area contributed by atoms with E-state index in [-0.39, 0.29) is 24.0 Å². The number of ketones is 1. The number of allylic oxidation sites excluding steroid dienone is 1. The van der Waals surface area contributed by atoms with Crippen LogP contribution in [0.1, 0.15) is 39.0 Å². The number of rotatable bonds is 4. The molecule has 0 aromatic rings. The minimum absolute atomic E-state index is 0.0700. The van der Waals surface area contributed by atoms with Gasteiger partial charge < -0.3 is 9.90 Å². The van der Waals surface area contributed by atoms with Gasteiger partial charge in [0.05, 0.1) is 6.42 Å². The van der Waals surface area contributed by atoms with E-state index in [9.17, 15) is 9.59 Å². The molecule has 0 aromatic heterocycles. The lowest BCUT2D eigenvalue weighted by Crippen LogP contribution is -2.22. The maximum atomic E-state index is 11.0. The van der Waals surface area contributed by atoms with Crippen molar-refractivity contribution in [3.05, 3.63) is 12.2 Å². The summed E-state index contributed by atoms with van der Waals surface area (Å²) in [6.07, 6.45) is 3.57. The van der Waals surface area contributed by atoms with Gasteiger partial charge in [-0.1, -0.05) is 18.6 Å². The van der Waals surface area contributed by atoms with Gasteiger partial charge in [0.15, 0.2) is 0 Å². The molecule has 0 amide bonds. The predicted octanol–water partition coefficient (Wildman–Crippen LogP) is 2.41. The Labute approximate surface area is 90.2 Å². The predicted molar refractivity (Wildman–Crippen MR) is 57.5 cm³/mol. The number of carboxylic acid groups (broad SMARTS) is 1. The molecular weight excluding hydrogens is 192 g/mol. The lowest BCUT2D eigenvalue weighted by molar-refractivity contribution is -0.138. The summed E-state index contributed by atoms with van der Waals surface area (Å²) in [4.78, 5) is 21.7. The van der Waals surface area contributed by atoms with Crippen LogP contribution in [0.4, 0.5) is 0 Å². The van der Waals surface area contributed by atoms with E-state index in [0.29, 0.717) is 6.42 Å². The SMILES string of the molecule is C=C1C(CC(C)=O)CCCC1CC(=O)O. The van der Waals surface area contributed by atoms with Crippen LogP contribution >= 0.6 is 0 Å². The van der Waals surface area contributed by atoms with Gasteiger partial charge in [0.1, 0.15) is 5.78 Å². The minimum Gasteiger partial charge on any atom is -0.481 e. The first-order valence-electron chi connectivity index (χ1n) is 5.40. The molecular formula is C12H18O3. The van der Waals surface area contributed by atoms with Crippen LogP contribution in [-0.4, -0.2) is 16.9 Å².